The van der Waals surface area contributed by atoms with Crippen molar-refractivity contribution in [3.63, 3.8) is 0 Å². The fourth-order valence-corrected chi connectivity index (χ4v) is 4.54. The number of hydrogen-bond donors (Lipinski definition) is 1. The van der Waals surface area contributed by atoms with E-state index in [1.165, 1.54) is 5.84 Å². The Morgan fingerprint density at radius 2 is 1.88 bits per heavy atom. The number of fused-ring (bicyclic) bond motifs is 1. The Labute approximate surface area is 194 Å². The van der Waals surface area contributed by atoms with E-state index < -0.39 is 0 Å². The van der Waals surface area contributed by atoms with Crippen LogP contribution in [0.4, 0.5) is 5.82 Å². The highest BCUT2D eigenvalue weighted by atomic mass is 15.3. The molecule has 0 unspecified atom stereocenters. The molecule has 0 aromatic carbocycles. The molecule has 5 heterocycles. The van der Waals surface area contributed by atoms with Crippen molar-refractivity contribution in [3.05, 3.63) is 61.0 Å². The SMILES string of the molecule is C=C(Nc1cc2cc(-c3cnn(C)c3)cnc2cn1)C1=CN=C(N2CCN(C)CC2)[C@H]1CC. The summed E-state index contributed by atoms with van der Waals surface area (Å²) in [6.07, 6.45) is 10.5. The molecule has 5 rings (SSSR count). The third-order valence-electron chi connectivity index (χ3n) is 6.49. The Kier molecular flexibility index (Phi) is 5.68. The Morgan fingerprint density at radius 3 is 2.61 bits per heavy atom. The Morgan fingerprint density at radius 1 is 1.06 bits per heavy atom. The standard InChI is InChI=1S/C25H30N8/c1-5-21-22(14-28-25(21)33-8-6-31(3)7-9-33)17(2)30-24-11-18-10-19(12-26-23(18)15-27-24)20-13-29-32(4)16-20/h10-16,21H,2,5-9H2,1,3-4H3,(H,27,30)/t21-/m0/s1. The van der Waals surface area contributed by atoms with Gasteiger partial charge in [-0.25, -0.2) is 9.98 Å². The first-order valence-corrected chi connectivity index (χ1v) is 11.4. The van der Waals surface area contributed by atoms with E-state index in [-0.39, 0.29) is 5.92 Å². The maximum atomic E-state index is 4.80. The average Bonchev–Trinajstić information content (AvgIpc) is 3.45. The molecule has 1 N–H and O–H groups in total. The number of amidine groups is 1. The zero-order chi connectivity index (χ0) is 22.9. The van der Waals surface area contributed by atoms with E-state index in [9.17, 15) is 0 Å². The van der Waals surface area contributed by atoms with Crippen molar-refractivity contribution >= 4 is 22.6 Å². The van der Waals surface area contributed by atoms with Crippen molar-refractivity contribution in [2.75, 3.05) is 38.5 Å². The molecule has 3 aromatic rings. The molecule has 170 valence electrons. The number of piperazine rings is 1. The van der Waals surface area contributed by atoms with Gasteiger partial charge >= 0.3 is 0 Å². The summed E-state index contributed by atoms with van der Waals surface area (Å²) in [5.41, 5.74) is 4.90. The number of pyridine rings is 2. The minimum absolute atomic E-state index is 0.257. The minimum atomic E-state index is 0.257. The molecule has 1 fully saturated rings. The molecule has 2 aliphatic heterocycles. The first-order chi connectivity index (χ1) is 16.0. The summed E-state index contributed by atoms with van der Waals surface area (Å²) in [6.45, 7) is 10.7. The van der Waals surface area contributed by atoms with Gasteiger partial charge in [-0.2, -0.15) is 5.10 Å². The molecule has 1 saturated heterocycles. The second kappa shape index (κ2) is 8.78. The summed E-state index contributed by atoms with van der Waals surface area (Å²) in [5, 5.41) is 8.70. The quantitative estimate of drug-likeness (QED) is 0.652. The van der Waals surface area contributed by atoms with Gasteiger partial charge in [0.05, 0.1) is 17.9 Å². The first kappa shape index (κ1) is 21.3. The van der Waals surface area contributed by atoms with Crippen molar-refractivity contribution < 1.29 is 0 Å². The number of hydrogen-bond acceptors (Lipinski definition) is 7. The second-order valence-corrected chi connectivity index (χ2v) is 8.82. The fraction of sp³-hybridized carbons (Fsp3) is 0.360. The molecule has 0 aliphatic carbocycles. The highest BCUT2D eigenvalue weighted by molar-refractivity contribution is 5.91. The molecule has 8 heteroatoms. The van der Waals surface area contributed by atoms with Crippen LogP contribution in [0, 0.1) is 5.92 Å². The smallest absolute Gasteiger partial charge is 0.131 e. The van der Waals surface area contributed by atoms with Crippen LogP contribution in [-0.4, -0.2) is 68.6 Å². The van der Waals surface area contributed by atoms with Crippen molar-refractivity contribution in [2.45, 2.75) is 13.3 Å². The fourth-order valence-electron chi connectivity index (χ4n) is 4.54. The van der Waals surface area contributed by atoms with Gasteiger partial charge in [-0.05, 0) is 25.6 Å². The second-order valence-electron chi connectivity index (χ2n) is 8.82. The number of likely N-dealkylation sites (N-methyl/N-ethyl adjacent to an activating group) is 1. The summed E-state index contributed by atoms with van der Waals surface area (Å²) in [5.74, 6) is 2.18. The van der Waals surface area contributed by atoms with Gasteiger partial charge in [0.1, 0.15) is 11.7 Å². The number of anilines is 1. The van der Waals surface area contributed by atoms with Gasteiger partial charge in [-0.15, -0.1) is 0 Å². The van der Waals surface area contributed by atoms with Gasteiger partial charge in [-0.1, -0.05) is 13.5 Å². The molecule has 0 bridgehead atoms. The van der Waals surface area contributed by atoms with Crippen LogP contribution in [0.1, 0.15) is 13.3 Å². The highest BCUT2D eigenvalue weighted by Crippen LogP contribution is 2.31. The van der Waals surface area contributed by atoms with Gasteiger partial charge in [0.15, 0.2) is 0 Å². The van der Waals surface area contributed by atoms with Crippen LogP contribution in [0.3, 0.4) is 0 Å². The lowest BCUT2D eigenvalue weighted by molar-refractivity contribution is 0.211. The van der Waals surface area contributed by atoms with Crippen molar-refractivity contribution in [3.8, 4) is 11.1 Å². The average molecular weight is 443 g/mol. The van der Waals surface area contributed by atoms with E-state index in [0.717, 1.165) is 71.7 Å². The minimum Gasteiger partial charge on any atom is -0.357 e. The van der Waals surface area contributed by atoms with E-state index in [2.05, 4.69) is 56.8 Å². The van der Waals surface area contributed by atoms with Gasteiger partial charge in [-0.3, -0.25) is 9.67 Å². The lowest BCUT2D eigenvalue weighted by Crippen LogP contribution is -2.48. The number of aliphatic imine (C=N–C) groups is 1. The van der Waals surface area contributed by atoms with E-state index in [1.807, 2.05) is 37.9 Å². The van der Waals surface area contributed by atoms with Crippen LogP contribution in [0.5, 0.6) is 0 Å². The molecule has 2 aliphatic rings. The van der Waals surface area contributed by atoms with Gasteiger partial charge < -0.3 is 15.1 Å². The zero-order valence-corrected chi connectivity index (χ0v) is 19.5. The van der Waals surface area contributed by atoms with Crippen molar-refractivity contribution in [1.82, 2.24) is 29.5 Å². The van der Waals surface area contributed by atoms with Gasteiger partial charge in [0, 0.05) is 85.5 Å². The number of aryl methyl sites for hydroxylation is 1. The molecule has 0 saturated carbocycles. The maximum absolute atomic E-state index is 4.80. The van der Waals surface area contributed by atoms with Crippen LogP contribution in [0.15, 0.2) is 66.0 Å². The first-order valence-electron chi connectivity index (χ1n) is 11.4. The molecular formula is C25H30N8. The highest BCUT2D eigenvalue weighted by Gasteiger charge is 2.30. The Hall–Kier alpha value is -3.52. The lowest BCUT2D eigenvalue weighted by atomic mass is 9.94. The van der Waals surface area contributed by atoms with Crippen LogP contribution in [0.25, 0.3) is 22.0 Å². The maximum Gasteiger partial charge on any atom is 0.131 e. The molecule has 0 amide bonds. The van der Waals surface area contributed by atoms with Crippen molar-refractivity contribution in [1.29, 1.82) is 0 Å². The van der Waals surface area contributed by atoms with Gasteiger partial charge in [0.2, 0.25) is 0 Å². The zero-order valence-electron chi connectivity index (χ0n) is 19.5. The Bertz CT molecular complexity index is 1250. The number of allylic oxidation sites excluding steroid dienone is 1. The molecule has 33 heavy (non-hydrogen) atoms. The third kappa shape index (κ3) is 4.26. The van der Waals surface area contributed by atoms with E-state index in [4.69, 9.17) is 4.99 Å². The summed E-state index contributed by atoms with van der Waals surface area (Å²) in [6, 6.07) is 4.14. The normalized spacial score (nSPS) is 19.0. The number of rotatable bonds is 5. The summed E-state index contributed by atoms with van der Waals surface area (Å²) in [4.78, 5) is 18.7. The lowest BCUT2D eigenvalue weighted by Gasteiger charge is -2.36. The monoisotopic (exact) mass is 442 g/mol. The van der Waals surface area contributed by atoms with Crippen LogP contribution >= 0.6 is 0 Å². The number of nitrogens with one attached hydrogen (secondary N) is 1. The largest absolute Gasteiger partial charge is 0.357 e. The molecule has 0 spiro atoms. The summed E-state index contributed by atoms with van der Waals surface area (Å²) in [7, 11) is 4.09. The van der Waals surface area contributed by atoms with Gasteiger partial charge in [0.25, 0.3) is 0 Å². The molecule has 0 radical (unpaired) electrons. The summed E-state index contributed by atoms with van der Waals surface area (Å²) >= 11 is 0. The van der Waals surface area contributed by atoms with Crippen LogP contribution < -0.4 is 5.32 Å². The topological polar surface area (TPSA) is 74.5 Å². The number of nitrogens with zero attached hydrogens (tertiary/aromatic N) is 7. The van der Waals surface area contributed by atoms with Crippen LogP contribution in [-0.2, 0) is 7.05 Å². The molecule has 8 nitrogen and oxygen atoms in total. The predicted octanol–water partition coefficient (Wildman–Crippen LogP) is 3.53. The predicted molar refractivity (Wildman–Crippen MR) is 133 cm³/mol. The molecule has 1 atom stereocenters. The van der Waals surface area contributed by atoms with Crippen molar-refractivity contribution in [2.24, 2.45) is 18.0 Å². The van der Waals surface area contributed by atoms with Crippen LogP contribution in [0.2, 0.25) is 0 Å². The third-order valence-corrected chi connectivity index (χ3v) is 6.49. The van der Waals surface area contributed by atoms with E-state index in [0.29, 0.717) is 0 Å². The van der Waals surface area contributed by atoms with E-state index >= 15 is 0 Å². The molecular weight excluding hydrogens is 412 g/mol. The number of aromatic nitrogens is 4. The molecule has 3 aromatic heterocycles. The van der Waals surface area contributed by atoms with E-state index in [1.54, 1.807) is 10.9 Å². The Balaban J connectivity index is 1.32. The summed E-state index contributed by atoms with van der Waals surface area (Å²) < 4.78 is 1.79.